The van der Waals surface area contributed by atoms with Gasteiger partial charge in [0, 0.05) is 21.1 Å². The molecular formula is C13H27Pt-3. The molecule has 14 heavy (non-hydrogen) atoms. The molecule has 0 amide bonds. The third-order valence-corrected chi connectivity index (χ3v) is 1.77. The van der Waals surface area contributed by atoms with E-state index >= 15 is 0 Å². The first-order chi connectivity index (χ1) is 6.33. The molecule has 0 radical (unpaired) electrons. The number of hydrogen-bond donors (Lipinski definition) is 0. The van der Waals surface area contributed by atoms with Crippen LogP contribution >= 0.6 is 0 Å². The second kappa shape index (κ2) is 23.5. The molecule has 1 aliphatic carbocycles. The smallest absolute Gasteiger partial charge is 0 e. The van der Waals surface area contributed by atoms with Crippen molar-refractivity contribution in [2.24, 2.45) is 0 Å². The first kappa shape index (κ1) is 20.1. The van der Waals surface area contributed by atoms with Gasteiger partial charge in [0.05, 0.1) is 0 Å². The molecule has 0 aromatic carbocycles. The summed E-state index contributed by atoms with van der Waals surface area (Å²) >= 11 is 0. The summed E-state index contributed by atoms with van der Waals surface area (Å²) in [7, 11) is 0. The Morgan fingerprint density at radius 1 is 0.929 bits per heavy atom. The number of rotatable bonds is 2. The second-order valence-corrected chi connectivity index (χ2v) is 3.28. The van der Waals surface area contributed by atoms with Crippen LogP contribution in [0.4, 0.5) is 0 Å². The summed E-state index contributed by atoms with van der Waals surface area (Å²) in [5.74, 6) is 0. The maximum Gasteiger partial charge on any atom is 0 e. The van der Waals surface area contributed by atoms with Crippen molar-refractivity contribution in [1.29, 1.82) is 0 Å². The maximum absolute atomic E-state index is 3.60. The van der Waals surface area contributed by atoms with Gasteiger partial charge < -0.3 is 20.3 Å². The van der Waals surface area contributed by atoms with Crippen LogP contribution in [-0.4, -0.2) is 0 Å². The molecular weight excluding hydrogens is 351 g/mol. The van der Waals surface area contributed by atoms with Crippen LogP contribution in [0.25, 0.3) is 0 Å². The number of unbranched alkanes of at least 4 members (excludes halogenated alkanes) is 2. The molecule has 0 N–H and O–H groups in total. The molecule has 0 aliphatic heterocycles. The summed E-state index contributed by atoms with van der Waals surface area (Å²) in [5.41, 5.74) is 0. The van der Waals surface area contributed by atoms with Crippen LogP contribution in [0.15, 0.2) is 0 Å². The molecule has 0 atom stereocenters. The molecule has 0 nitrogen and oxygen atoms in total. The first-order valence-electron chi connectivity index (χ1n) is 5.73. The van der Waals surface area contributed by atoms with Gasteiger partial charge in [0.25, 0.3) is 0 Å². The summed E-state index contributed by atoms with van der Waals surface area (Å²) in [4.78, 5) is 0. The van der Waals surface area contributed by atoms with Crippen LogP contribution in [0.3, 0.4) is 0 Å². The molecule has 0 bridgehead atoms. The molecule has 1 saturated carbocycles. The van der Waals surface area contributed by atoms with E-state index in [4.69, 9.17) is 0 Å². The molecule has 1 rings (SSSR count). The summed E-state index contributed by atoms with van der Waals surface area (Å²) in [6, 6.07) is 0. The quantitative estimate of drug-likeness (QED) is 0.593. The monoisotopic (exact) mass is 378 g/mol. The van der Waals surface area contributed by atoms with Crippen molar-refractivity contribution >= 4 is 0 Å². The van der Waals surface area contributed by atoms with Crippen LogP contribution in [0.1, 0.15) is 65.2 Å². The second-order valence-electron chi connectivity index (χ2n) is 3.28. The standard InChI is InChI=1S/C5H9.2C4H9.Pt/c1-2-4-5-3-1;2*1-3-4-2;/h1H,2-5H2;2*1,3-4H2,2H3;/q3*-1;. The zero-order chi connectivity index (χ0) is 10.4. The Hall–Kier alpha value is 0.688. The van der Waals surface area contributed by atoms with E-state index in [1.165, 1.54) is 38.5 Å². The van der Waals surface area contributed by atoms with Crippen molar-refractivity contribution in [3.05, 3.63) is 20.3 Å². The van der Waals surface area contributed by atoms with Crippen LogP contribution in [0.2, 0.25) is 0 Å². The summed E-state index contributed by atoms with van der Waals surface area (Å²) in [5, 5.41) is 0. The molecule has 0 heterocycles. The van der Waals surface area contributed by atoms with Crippen molar-refractivity contribution in [2.75, 3.05) is 0 Å². The largest absolute Gasteiger partial charge is 0.343 e. The predicted molar refractivity (Wildman–Crippen MR) is 63.3 cm³/mol. The third-order valence-electron chi connectivity index (χ3n) is 1.77. The van der Waals surface area contributed by atoms with E-state index < -0.39 is 0 Å². The SMILES string of the molecule is [CH-]1CCCC1.[CH2-]CCC.[CH2-]CCC.[Pt]. The van der Waals surface area contributed by atoms with E-state index in [1.54, 1.807) is 0 Å². The maximum atomic E-state index is 3.60. The zero-order valence-corrected chi connectivity index (χ0v) is 12.2. The fourth-order valence-corrected chi connectivity index (χ4v) is 0.722. The molecule has 1 fully saturated rings. The van der Waals surface area contributed by atoms with E-state index in [2.05, 4.69) is 34.1 Å². The van der Waals surface area contributed by atoms with Gasteiger partial charge >= 0.3 is 0 Å². The minimum absolute atomic E-state index is 0. The van der Waals surface area contributed by atoms with E-state index in [0.29, 0.717) is 0 Å². The van der Waals surface area contributed by atoms with Crippen LogP contribution in [0, 0.1) is 20.3 Å². The molecule has 1 heteroatoms. The predicted octanol–water partition coefficient (Wildman–Crippen LogP) is 5.00. The Morgan fingerprint density at radius 2 is 1.21 bits per heavy atom. The third kappa shape index (κ3) is 29.3. The van der Waals surface area contributed by atoms with Gasteiger partial charge in [0.2, 0.25) is 0 Å². The normalized spacial score (nSPS) is 12.9. The average molecular weight is 378 g/mol. The summed E-state index contributed by atoms with van der Waals surface area (Å²) in [6.45, 7) is 11.4. The van der Waals surface area contributed by atoms with Gasteiger partial charge in [0.15, 0.2) is 0 Å². The molecule has 0 spiro atoms. The fraction of sp³-hybridized carbons (Fsp3) is 0.769. The Labute approximate surface area is 107 Å². The van der Waals surface area contributed by atoms with Crippen molar-refractivity contribution in [3.8, 4) is 0 Å². The Morgan fingerprint density at radius 3 is 1.29 bits per heavy atom. The Kier molecular flexibility index (Phi) is 33.8. The minimum Gasteiger partial charge on any atom is -0.343 e. The van der Waals surface area contributed by atoms with Gasteiger partial charge in [-0.2, -0.15) is 25.7 Å². The molecule has 0 saturated heterocycles. The van der Waals surface area contributed by atoms with Gasteiger partial charge in [-0.1, -0.05) is 39.5 Å². The number of hydrogen-bond acceptors (Lipinski definition) is 0. The van der Waals surface area contributed by atoms with Crippen molar-refractivity contribution < 1.29 is 21.1 Å². The van der Waals surface area contributed by atoms with Crippen LogP contribution < -0.4 is 0 Å². The summed E-state index contributed by atoms with van der Waals surface area (Å²) in [6.07, 6.45) is 12.6. The fourth-order valence-electron chi connectivity index (χ4n) is 0.722. The average Bonchev–Trinajstić information content (AvgIpc) is 2.76. The summed E-state index contributed by atoms with van der Waals surface area (Å²) < 4.78 is 0. The topological polar surface area (TPSA) is 0 Å². The minimum atomic E-state index is 0. The van der Waals surface area contributed by atoms with E-state index in [9.17, 15) is 0 Å². The Balaban J connectivity index is -0.000000127. The zero-order valence-electron chi connectivity index (χ0n) is 9.96. The van der Waals surface area contributed by atoms with Gasteiger partial charge in [-0.05, 0) is 0 Å². The van der Waals surface area contributed by atoms with Gasteiger partial charge in [-0.3, -0.25) is 0 Å². The molecule has 0 aromatic rings. The van der Waals surface area contributed by atoms with E-state index in [1.807, 2.05) is 0 Å². The van der Waals surface area contributed by atoms with Crippen molar-refractivity contribution in [1.82, 2.24) is 0 Å². The van der Waals surface area contributed by atoms with Gasteiger partial charge in [-0.25, -0.2) is 0 Å². The molecule has 1 aliphatic rings. The van der Waals surface area contributed by atoms with Gasteiger partial charge in [0.1, 0.15) is 0 Å². The molecule has 0 unspecified atom stereocenters. The Bertz CT molecular complexity index is 42.6. The first-order valence-corrected chi connectivity index (χ1v) is 5.73. The van der Waals surface area contributed by atoms with Crippen LogP contribution in [0.5, 0.6) is 0 Å². The van der Waals surface area contributed by atoms with Gasteiger partial charge in [-0.15, -0.1) is 0 Å². The van der Waals surface area contributed by atoms with E-state index in [0.717, 1.165) is 12.8 Å². The van der Waals surface area contributed by atoms with Crippen molar-refractivity contribution in [3.63, 3.8) is 0 Å². The van der Waals surface area contributed by atoms with Crippen LogP contribution in [-0.2, 0) is 21.1 Å². The molecule has 92 valence electrons. The van der Waals surface area contributed by atoms with E-state index in [-0.39, 0.29) is 21.1 Å². The molecule has 0 aromatic heterocycles. The van der Waals surface area contributed by atoms with Crippen molar-refractivity contribution in [2.45, 2.75) is 65.2 Å².